The van der Waals surface area contributed by atoms with Gasteiger partial charge in [0, 0.05) is 11.1 Å². The summed E-state index contributed by atoms with van der Waals surface area (Å²) in [5.41, 5.74) is 0.218. The number of benzene rings is 1. The van der Waals surface area contributed by atoms with E-state index in [0.29, 0.717) is 5.56 Å². The molecule has 1 nitrogen and oxygen atoms in total. The first kappa shape index (κ1) is 8.84. The third-order valence-electron chi connectivity index (χ3n) is 1.55. The summed E-state index contributed by atoms with van der Waals surface area (Å²) < 4.78 is 24.2. The second kappa shape index (κ2) is 3.43. The fourth-order valence-electron chi connectivity index (χ4n) is 0.893. The Labute approximate surface area is 69.0 Å². The van der Waals surface area contributed by atoms with Crippen LogP contribution in [0.5, 0.6) is 0 Å². The Kier molecular flexibility index (Phi) is 2.53. The highest BCUT2D eigenvalue weighted by Gasteiger charge is 2.08. The molecule has 0 aliphatic carbocycles. The van der Waals surface area contributed by atoms with Crippen molar-refractivity contribution in [1.29, 1.82) is 0 Å². The average Bonchev–Trinajstić information content (AvgIpc) is 2.04. The SMILES string of the molecule is CC(=O)c1cccc(C(F)F)c1. The molecule has 1 rings (SSSR count). The zero-order valence-corrected chi connectivity index (χ0v) is 6.55. The summed E-state index contributed by atoms with van der Waals surface area (Å²) in [6, 6.07) is 5.50. The van der Waals surface area contributed by atoms with E-state index in [4.69, 9.17) is 0 Å². The molecule has 0 spiro atoms. The molecule has 0 bridgehead atoms. The summed E-state index contributed by atoms with van der Waals surface area (Å²) in [5, 5.41) is 0. The third kappa shape index (κ3) is 1.87. The summed E-state index contributed by atoms with van der Waals surface area (Å²) in [5.74, 6) is -0.197. The number of hydrogen-bond acceptors (Lipinski definition) is 1. The van der Waals surface area contributed by atoms with Crippen molar-refractivity contribution in [1.82, 2.24) is 0 Å². The first-order chi connectivity index (χ1) is 5.61. The Morgan fingerprint density at radius 3 is 2.58 bits per heavy atom. The molecule has 0 saturated heterocycles. The van der Waals surface area contributed by atoms with Gasteiger partial charge in [-0.2, -0.15) is 0 Å². The Hall–Kier alpha value is -1.25. The van der Waals surface area contributed by atoms with Crippen LogP contribution in [0.15, 0.2) is 24.3 Å². The van der Waals surface area contributed by atoms with Gasteiger partial charge in [-0.05, 0) is 13.0 Å². The number of rotatable bonds is 2. The van der Waals surface area contributed by atoms with Gasteiger partial charge in [0.15, 0.2) is 5.78 Å². The fourth-order valence-corrected chi connectivity index (χ4v) is 0.893. The van der Waals surface area contributed by atoms with Crippen LogP contribution in [-0.2, 0) is 0 Å². The van der Waals surface area contributed by atoms with Crippen molar-refractivity contribution in [3.8, 4) is 0 Å². The molecule has 0 aliphatic rings. The van der Waals surface area contributed by atoms with Gasteiger partial charge in [-0.15, -0.1) is 0 Å². The van der Waals surface area contributed by atoms with Crippen molar-refractivity contribution >= 4 is 5.78 Å². The molecule has 64 valence electrons. The molecule has 3 heteroatoms. The number of Topliss-reactive ketones (excluding diaryl/α,β-unsaturated/α-hetero) is 1. The molecular weight excluding hydrogens is 162 g/mol. The summed E-state index contributed by atoms with van der Waals surface area (Å²) in [6.45, 7) is 1.35. The molecule has 0 aliphatic heterocycles. The van der Waals surface area contributed by atoms with E-state index in [-0.39, 0.29) is 11.3 Å². The molecule has 12 heavy (non-hydrogen) atoms. The maximum atomic E-state index is 12.1. The van der Waals surface area contributed by atoms with E-state index in [9.17, 15) is 13.6 Å². The summed E-state index contributed by atoms with van der Waals surface area (Å²) in [7, 11) is 0. The number of halogens is 2. The minimum absolute atomic E-state index is 0.109. The zero-order valence-electron chi connectivity index (χ0n) is 6.55. The number of hydrogen-bond donors (Lipinski definition) is 0. The smallest absolute Gasteiger partial charge is 0.263 e. The molecule has 0 radical (unpaired) electrons. The van der Waals surface area contributed by atoms with Gasteiger partial charge in [0.25, 0.3) is 6.43 Å². The van der Waals surface area contributed by atoms with Crippen molar-refractivity contribution in [3.05, 3.63) is 35.4 Å². The van der Waals surface area contributed by atoms with Gasteiger partial charge in [0.05, 0.1) is 0 Å². The van der Waals surface area contributed by atoms with Gasteiger partial charge in [-0.1, -0.05) is 18.2 Å². The van der Waals surface area contributed by atoms with Crippen LogP contribution < -0.4 is 0 Å². The molecule has 1 aromatic rings. The van der Waals surface area contributed by atoms with E-state index in [1.54, 1.807) is 0 Å². The Balaban J connectivity index is 3.04. The highest BCUT2D eigenvalue weighted by molar-refractivity contribution is 5.94. The van der Waals surface area contributed by atoms with Crippen molar-refractivity contribution in [2.75, 3.05) is 0 Å². The van der Waals surface area contributed by atoms with E-state index in [0.717, 1.165) is 0 Å². The van der Waals surface area contributed by atoms with Gasteiger partial charge >= 0.3 is 0 Å². The van der Waals surface area contributed by atoms with E-state index >= 15 is 0 Å². The molecular formula is C9H8F2O. The van der Waals surface area contributed by atoms with Crippen LogP contribution in [0.25, 0.3) is 0 Å². The molecule has 0 heterocycles. The van der Waals surface area contributed by atoms with Crippen LogP contribution in [0.2, 0.25) is 0 Å². The maximum Gasteiger partial charge on any atom is 0.263 e. The highest BCUT2D eigenvalue weighted by Crippen LogP contribution is 2.19. The van der Waals surface area contributed by atoms with Gasteiger partial charge < -0.3 is 0 Å². The Morgan fingerprint density at radius 2 is 2.08 bits per heavy atom. The third-order valence-corrected chi connectivity index (χ3v) is 1.55. The minimum atomic E-state index is -2.51. The lowest BCUT2D eigenvalue weighted by Crippen LogP contribution is -1.93. The van der Waals surface area contributed by atoms with E-state index in [1.807, 2.05) is 0 Å². The zero-order chi connectivity index (χ0) is 9.14. The van der Waals surface area contributed by atoms with Crippen LogP contribution in [0.3, 0.4) is 0 Å². The number of carbonyl (C=O) groups is 1. The monoisotopic (exact) mass is 170 g/mol. The summed E-state index contributed by atoms with van der Waals surface area (Å²) in [6.07, 6.45) is -2.51. The van der Waals surface area contributed by atoms with Crippen LogP contribution in [0.1, 0.15) is 29.3 Å². The molecule has 0 atom stereocenters. The predicted octanol–water partition coefficient (Wildman–Crippen LogP) is 2.83. The van der Waals surface area contributed by atoms with Crippen LogP contribution in [0.4, 0.5) is 8.78 Å². The molecule has 0 unspecified atom stereocenters. The summed E-state index contributed by atoms with van der Waals surface area (Å²) >= 11 is 0. The average molecular weight is 170 g/mol. The second-order valence-electron chi connectivity index (χ2n) is 2.48. The van der Waals surface area contributed by atoms with Gasteiger partial charge in [-0.3, -0.25) is 4.79 Å². The second-order valence-corrected chi connectivity index (χ2v) is 2.48. The lowest BCUT2D eigenvalue weighted by molar-refractivity contribution is 0.101. The lowest BCUT2D eigenvalue weighted by atomic mass is 10.1. The van der Waals surface area contributed by atoms with Gasteiger partial charge in [0.2, 0.25) is 0 Å². The molecule has 0 saturated carbocycles. The fraction of sp³-hybridized carbons (Fsp3) is 0.222. The predicted molar refractivity (Wildman–Crippen MR) is 41.4 cm³/mol. The largest absolute Gasteiger partial charge is 0.295 e. The Bertz CT molecular complexity index is 294. The van der Waals surface area contributed by atoms with Crippen molar-refractivity contribution < 1.29 is 13.6 Å². The normalized spacial score (nSPS) is 10.3. The van der Waals surface area contributed by atoms with Crippen molar-refractivity contribution in [2.24, 2.45) is 0 Å². The van der Waals surface area contributed by atoms with E-state index in [1.165, 1.54) is 31.2 Å². The topological polar surface area (TPSA) is 17.1 Å². The number of alkyl halides is 2. The van der Waals surface area contributed by atoms with Crippen molar-refractivity contribution in [3.63, 3.8) is 0 Å². The highest BCUT2D eigenvalue weighted by atomic mass is 19.3. The quantitative estimate of drug-likeness (QED) is 0.623. The van der Waals surface area contributed by atoms with Gasteiger partial charge in [0.1, 0.15) is 0 Å². The van der Waals surface area contributed by atoms with Gasteiger partial charge in [-0.25, -0.2) is 8.78 Å². The van der Waals surface area contributed by atoms with Crippen LogP contribution in [0, 0.1) is 0 Å². The van der Waals surface area contributed by atoms with Crippen LogP contribution >= 0.6 is 0 Å². The number of ketones is 1. The first-order valence-electron chi connectivity index (χ1n) is 3.50. The van der Waals surface area contributed by atoms with E-state index in [2.05, 4.69) is 0 Å². The van der Waals surface area contributed by atoms with E-state index < -0.39 is 6.43 Å². The maximum absolute atomic E-state index is 12.1. The molecule has 0 aromatic heterocycles. The summed E-state index contributed by atoms with van der Waals surface area (Å²) in [4.78, 5) is 10.8. The molecule has 0 N–H and O–H groups in total. The minimum Gasteiger partial charge on any atom is -0.295 e. The standard InChI is InChI=1S/C9H8F2O/c1-6(12)7-3-2-4-8(5-7)9(10)11/h2-5,9H,1H3. The molecule has 1 aromatic carbocycles. The first-order valence-corrected chi connectivity index (χ1v) is 3.50. The molecule has 0 amide bonds. The Morgan fingerprint density at radius 1 is 1.42 bits per heavy atom. The lowest BCUT2D eigenvalue weighted by Gasteiger charge is -2.00. The molecule has 0 fully saturated rings. The number of carbonyl (C=O) groups excluding carboxylic acids is 1. The van der Waals surface area contributed by atoms with Crippen molar-refractivity contribution in [2.45, 2.75) is 13.3 Å². The van der Waals surface area contributed by atoms with Crippen LogP contribution in [-0.4, -0.2) is 5.78 Å².